The van der Waals surface area contributed by atoms with Crippen molar-refractivity contribution < 1.29 is 19.1 Å². The third-order valence-corrected chi connectivity index (χ3v) is 6.07. The minimum Gasteiger partial charge on any atom is -0.481 e. The van der Waals surface area contributed by atoms with E-state index >= 15 is 0 Å². The highest BCUT2D eigenvalue weighted by molar-refractivity contribution is 5.85. The lowest BCUT2D eigenvalue weighted by molar-refractivity contribution is -0.148. The zero-order chi connectivity index (χ0) is 19.0. The van der Waals surface area contributed by atoms with E-state index in [9.17, 15) is 19.1 Å². The number of rotatable bonds is 4. The Morgan fingerprint density at radius 3 is 2.22 bits per heavy atom. The van der Waals surface area contributed by atoms with Gasteiger partial charge in [-0.2, -0.15) is 0 Å². The van der Waals surface area contributed by atoms with E-state index in [0.717, 1.165) is 17.5 Å². The molecule has 0 radical (unpaired) electrons. The van der Waals surface area contributed by atoms with Crippen molar-refractivity contribution in [1.29, 1.82) is 0 Å². The molecule has 140 valence electrons. The van der Waals surface area contributed by atoms with Gasteiger partial charge in [0.1, 0.15) is 5.82 Å². The number of aliphatic carboxylic acids is 1. The van der Waals surface area contributed by atoms with Gasteiger partial charge in [0.15, 0.2) is 0 Å². The number of carboxylic acids is 1. The summed E-state index contributed by atoms with van der Waals surface area (Å²) in [6.45, 7) is 0.902. The smallest absolute Gasteiger partial charge is 0.314 e. The second-order valence-corrected chi connectivity index (χ2v) is 7.58. The van der Waals surface area contributed by atoms with E-state index in [4.69, 9.17) is 0 Å². The number of amides is 1. The molecule has 0 bridgehead atoms. The lowest BCUT2D eigenvalue weighted by Crippen LogP contribution is -2.49. The number of hydrogen-bond acceptors (Lipinski definition) is 2. The molecule has 1 aliphatic carbocycles. The molecule has 1 heterocycles. The van der Waals surface area contributed by atoms with Crippen molar-refractivity contribution in [1.82, 2.24) is 4.90 Å². The van der Waals surface area contributed by atoms with Crippen LogP contribution in [0.1, 0.15) is 36.3 Å². The van der Waals surface area contributed by atoms with Crippen molar-refractivity contribution in [2.45, 2.75) is 30.6 Å². The average molecular weight is 367 g/mol. The summed E-state index contributed by atoms with van der Waals surface area (Å²) in [4.78, 5) is 26.7. The minimum absolute atomic E-state index is 0.0653. The first-order valence-corrected chi connectivity index (χ1v) is 9.34. The lowest BCUT2D eigenvalue weighted by Gasteiger charge is -2.39. The number of likely N-dealkylation sites (tertiary alicyclic amines) is 1. The number of carbonyl (C=O) groups is 2. The molecule has 2 atom stereocenters. The van der Waals surface area contributed by atoms with Crippen LogP contribution in [-0.4, -0.2) is 35.0 Å². The Bertz CT molecular complexity index is 842. The summed E-state index contributed by atoms with van der Waals surface area (Å²) in [5, 5.41) is 9.87. The molecular formula is C22H22FNO3. The zero-order valence-corrected chi connectivity index (χ0v) is 15.0. The molecule has 1 N–H and O–H groups in total. The van der Waals surface area contributed by atoms with Crippen LogP contribution in [0.3, 0.4) is 0 Å². The molecule has 0 aromatic heterocycles. The molecular weight excluding hydrogens is 345 g/mol. The first kappa shape index (κ1) is 17.7. The van der Waals surface area contributed by atoms with Gasteiger partial charge in [0.25, 0.3) is 0 Å². The third-order valence-electron chi connectivity index (χ3n) is 6.07. The maximum Gasteiger partial charge on any atom is 0.314 e. The third kappa shape index (κ3) is 3.22. The van der Waals surface area contributed by atoms with Crippen molar-refractivity contribution >= 4 is 11.9 Å². The second kappa shape index (κ2) is 6.80. The quantitative estimate of drug-likeness (QED) is 0.899. The van der Waals surface area contributed by atoms with E-state index in [2.05, 4.69) is 0 Å². The molecule has 2 aromatic rings. The van der Waals surface area contributed by atoms with Gasteiger partial charge in [0.2, 0.25) is 5.91 Å². The fourth-order valence-electron chi connectivity index (χ4n) is 4.27. The first-order chi connectivity index (χ1) is 13.0. The van der Waals surface area contributed by atoms with Crippen molar-refractivity contribution in [3.05, 3.63) is 71.5 Å². The van der Waals surface area contributed by atoms with Crippen LogP contribution >= 0.6 is 0 Å². The zero-order valence-electron chi connectivity index (χ0n) is 15.0. The average Bonchev–Trinajstić information content (AvgIpc) is 3.49. The number of nitrogens with zero attached hydrogens (tertiary/aromatic N) is 1. The Morgan fingerprint density at radius 2 is 1.63 bits per heavy atom. The Kier molecular flexibility index (Phi) is 4.46. The molecule has 2 aliphatic rings. The summed E-state index contributed by atoms with van der Waals surface area (Å²) in [5.41, 5.74) is 0.883. The second-order valence-electron chi connectivity index (χ2n) is 7.58. The first-order valence-electron chi connectivity index (χ1n) is 9.34. The number of carbonyl (C=O) groups excluding carboxylic acids is 1. The van der Waals surface area contributed by atoms with Gasteiger partial charge >= 0.3 is 5.97 Å². The fraction of sp³-hybridized carbons (Fsp3) is 0.364. The maximum atomic E-state index is 13.1. The van der Waals surface area contributed by atoms with Crippen LogP contribution in [0, 0.1) is 11.7 Å². The number of piperidine rings is 1. The van der Waals surface area contributed by atoms with Crippen LogP contribution in [0.5, 0.6) is 0 Å². The lowest BCUT2D eigenvalue weighted by atomic mass is 9.73. The van der Waals surface area contributed by atoms with Gasteiger partial charge in [-0.1, -0.05) is 42.5 Å². The molecule has 27 heavy (non-hydrogen) atoms. The summed E-state index contributed by atoms with van der Waals surface area (Å²) in [6, 6.07) is 15.6. The van der Waals surface area contributed by atoms with Gasteiger partial charge in [-0.3, -0.25) is 9.59 Å². The highest BCUT2D eigenvalue weighted by Gasteiger charge is 2.49. The summed E-state index contributed by atoms with van der Waals surface area (Å²) < 4.78 is 13.1. The van der Waals surface area contributed by atoms with Gasteiger partial charge in [0, 0.05) is 19.0 Å². The van der Waals surface area contributed by atoms with Gasteiger partial charge in [-0.25, -0.2) is 4.39 Å². The summed E-state index contributed by atoms with van der Waals surface area (Å²) in [5.74, 6) is -0.917. The molecule has 4 nitrogen and oxygen atoms in total. The van der Waals surface area contributed by atoms with Crippen LogP contribution in [0.4, 0.5) is 4.39 Å². The van der Waals surface area contributed by atoms with Gasteiger partial charge in [0.05, 0.1) is 5.41 Å². The molecule has 2 fully saturated rings. The van der Waals surface area contributed by atoms with E-state index < -0.39 is 11.4 Å². The minimum atomic E-state index is -0.919. The number of benzene rings is 2. The van der Waals surface area contributed by atoms with Crippen molar-refractivity contribution in [3.8, 4) is 0 Å². The van der Waals surface area contributed by atoms with Crippen molar-refractivity contribution in [3.63, 3.8) is 0 Å². The maximum absolute atomic E-state index is 13.1. The standard InChI is InChI=1S/C22H22FNO3/c23-17-8-6-15(7-9-17)18-14-19(18)20(25)24-12-10-22(11-13-24,21(26)27)16-4-2-1-3-5-16/h1-9,18-19H,10-14H2,(H,26,27). The van der Waals surface area contributed by atoms with Gasteiger partial charge < -0.3 is 10.0 Å². The highest BCUT2D eigenvalue weighted by Crippen LogP contribution is 2.49. The van der Waals surface area contributed by atoms with Crippen LogP contribution < -0.4 is 0 Å². The molecule has 1 aliphatic heterocycles. The monoisotopic (exact) mass is 367 g/mol. The fourth-order valence-corrected chi connectivity index (χ4v) is 4.27. The van der Waals surface area contributed by atoms with Crippen LogP contribution in [0.15, 0.2) is 54.6 Å². The summed E-state index contributed by atoms with van der Waals surface area (Å²) >= 11 is 0. The molecule has 0 spiro atoms. The predicted octanol–water partition coefficient (Wildman–Crippen LogP) is 3.57. The number of carboxylic acid groups (broad SMARTS) is 1. The predicted molar refractivity (Wildman–Crippen MR) is 98.8 cm³/mol. The Balaban J connectivity index is 1.42. The van der Waals surface area contributed by atoms with E-state index in [1.165, 1.54) is 12.1 Å². The van der Waals surface area contributed by atoms with Crippen LogP contribution in [-0.2, 0) is 15.0 Å². The molecule has 2 unspecified atom stereocenters. The molecule has 1 amide bonds. The van der Waals surface area contributed by atoms with E-state index in [0.29, 0.717) is 25.9 Å². The van der Waals surface area contributed by atoms with E-state index in [1.54, 1.807) is 17.0 Å². The Morgan fingerprint density at radius 1 is 1.00 bits per heavy atom. The molecule has 1 saturated heterocycles. The van der Waals surface area contributed by atoms with Gasteiger partial charge in [-0.15, -0.1) is 0 Å². The largest absolute Gasteiger partial charge is 0.481 e. The summed E-state index contributed by atoms with van der Waals surface area (Å²) in [6.07, 6.45) is 1.63. The van der Waals surface area contributed by atoms with E-state index in [-0.39, 0.29) is 23.6 Å². The van der Waals surface area contributed by atoms with Crippen LogP contribution in [0.25, 0.3) is 0 Å². The van der Waals surface area contributed by atoms with E-state index in [1.807, 2.05) is 30.3 Å². The molecule has 1 saturated carbocycles. The topological polar surface area (TPSA) is 57.6 Å². The number of hydrogen-bond donors (Lipinski definition) is 1. The van der Waals surface area contributed by atoms with Gasteiger partial charge in [-0.05, 0) is 48.4 Å². The van der Waals surface area contributed by atoms with Crippen LogP contribution in [0.2, 0.25) is 0 Å². The van der Waals surface area contributed by atoms with Crippen molar-refractivity contribution in [2.75, 3.05) is 13.1 Å². The highest BCUT2D eigenvalue weighted by atomic mass is 19.1. The Hall–Kier alpha value is -2.69. The molecule has 2 aromatic carbocycles. The number of halogens is 1. The van der Waals surface area contributed by atoms with Crippen molar-refractivity contribution in [2.24, 2.45) is 5.92 Å². The Labute approximate surface area is 157 Å². The molecule has 4 rings (SSSR count). The normalized spacial score (nSPS) is 23.7. The summed E-state index contributed by atoms with van der Waals surface area (Å²) in [7, 11) is 0. The SMILES string of the molecule is O=C(C1CC1c1ccc(F)cc1)N1CCC(C(=O)O)(c2ccccc2)CC1. The molecule has 5 heteroatoms.